The van der Waals surface area contributed by atoms with Gasteiger partial charge in [-0.15, -0.1) is 0 Å². The van der Waals surface area contributed by atoms with Crippen molar-refractivity contribution < 1.29 is 23.9 Å². The Bertz CT molecular complexity index is 205. The van der Waals surface area contributed by atoms with Gasteiger partial charge in [0, 0.05) is 0 Å². The molecule has 0 unspecified atom stereocenters. The summed E-state index contributed by atoms with van der Waals surface area (Å²) < 4.78 is 15.2. The van der Waals surface area contributed by atoms with Gasteiger partial charge in [-0.2, -0.15) is 0 Å². The first-order valence-electron chi connectivity index (χ1n) is 4.13. The van der Waals surface area contributed by atoms with E-state index in [-0.39, 0.29) is 6.10 Å². The third-order valence-corrected chi connectivity index (χ3v) is 2.21. The standard InChI is InChI=1S/C7H15O5P/c1-3-6(4-2)12-7(8)5-13(9,10)11/h6H,3-5H2,1-2H3,(H2,9,10,11). The molecule has 2 N–H and O–H groups in total. The van der Waals surface area contributed by atoms with Crippen LogP contribution in [0.15, 0.2) is 0 Å². The van der Waals surface area contributed by atoms with Crippen LogP contribution in [-0.2, 0) is 14.1 Å². The second-order valence-corrected chi connectivity index (χ2v) is 4.40. The van der Waals surface area contributed by atoms with Crippen LogP contribution in [0.4, 0.5) is 0 Å². The first-order chi connectivity index (χ1) is 5.89. The van der Waals surface area contributed by atoms with Crippen LogP contribution in [0.2, 0.25) is 0 Å². The van der Waals surface area contributed by atoms with E-state index >= 15 is 0 Å². The SMILES string of the molecule is CCC(CC)OC(=O)CP(=O)(O)O. The maximum Gasteiger partial charge on any atom is 0.336 e. The Kier molecular flexibility index (Phi) is 5.21. The molecule has 0 radical (unpaired) electrons. The number of carbonyl (C=O) groups excluding carboxylic acids is 1. The maximum absolute atomic E-state index is 10.9. The molecule has 0 bridgehead atoms. The summed E-state index contributed by atoms with van der Waals surface area (Å²) >= 11 is 0. The molecule has 0 heterocycles. The molecule has 0 atom stereocenters. The van der Waals surface area contributed by atoms with E-state index in [0.29, 0.717) is 12.8 Å². The molecule has 0 aliphatic heterocycles. The van der Waals surface area contributed by atoms with E-state index in [2.05, 4.69) is 0 Å². The highest BCUT2D eigenvalue weighted by molar-refractivity contribution is 7.52. The summed E-state index contributed by atoms with van der Waals surface area (Å²) in [4.78, 5) is 27.8. The summed E-state index contributed by atoms with van der Waals surface area (Å²) in [7, 11) is -4.27. The van der Waals surface area contributed by atoms with E-state index in [9.17, 15) is 9.36 Å². The maximum atomic E-state index is 10.9. The lowest BCUT2D eigenvalue weighted by Crippen LogP contribution is -2.19. The smallest absolute Gasteiger partial charge is 0.336 e. The van der Waals surface area contributed by atoms with Gasteiger partial charge in [-0.25, -0.2) is 0 Å². The van der Waals surface area contributed by atoms with Crippen molar-refractivity contribution in [2.75, 3.05) is 6.16 Å². The zero-order valence-corrected chi connectivity index (χ0v) is 8.66. The van der Waals surface area contributed by atoms with Gasteiger partial charge in [0.05, 0.1) is 0 Å². The largest absolute Gasteiger partial charge is 0.462 e. The number of carbonyl (C=O) groups is 1. The monoisotopic (exact) mass is 210 g/mol. The predicted molar refractivity (Wildman–Crippen MR) is 47.4 cm³/mol. The quantitative estimate of drug-likeness (QED) is 0.520. The predicted octanol–water partition coefficient (Wildman–Crippen LogP) is 0.896. The lowest BCUT2D eigenvalue weighted by atomic mass is 10.2. The molecule has 13 heavy (non-hydrogen) atoms. The third kappa shape index (κ3) is 6.75. The highest BCUT2D eigenvalue weighted by Crippen LogP contribution is 2.34. The Morgan fingerprint density at radius 2 is 1.85 bits per heavy atom. The molecule has 0 spiro atoms. The van der Waals surface area contributed by atoms with Gasteiger partial charge in [0.25, 0.3) is 0 Å². The lowest BCUT2D eigenvalue weighted by molar-refractivity contribution is -0.146. The van der Waals surface area contributed by atoms with Gasteiger partial charge in [-0.3, -0.25) is 9.36 Å². The Morgan fingerprint density at radius 3 is 2.15 bits per heavy atom. The summed E-state index contributed by atoms with van der Waals surface area (Å²) in [5.74, 6) is -0.831. The zero-order valence-electron chi connectivity index (χ0n) is 7.77. The summed E-state index contributed by atoms with van der Waals surface area (Å²) in [6.45, 7) is 3.69. The molecular formula is C7H15O5P. The van der Waals surface area contributed by atoms with E-state index in [1.807, 2.05) is 13.8 Å². The molecule has 0 aromatic rings. The van der Waals surface area contributed by atoms with Crippen molar-refractivity contribution in [3.63, 3.8) is 0 Å². The molecule has 6 heteroatoms. The number of hydrogen-bond acceptors (Lipinski definition) is 3. The minimum Gasteiger partial charge on any atom is -0.462 e. The van der Waals surface area contributed by atoms with E-state index in [1.165, 1.54) is 0 Å². The van der Waals surface area contributed by atoms with Gasteiger partial charge < -0.3 is 14.5 Å². The van der Waals surface area contributed by atoms with Crippen LogP contribution in [0, 0.1) is 0 Å². The minimum atomic E-state index is -4.27. The van der Waals surface area contributed by atoms with Gasteiger partial charge in [-0.1, -0.05) is 13.8 Å². The van der Waals surface area contributed by atoms with Gasteiger partial charge >= 0.3 is 13.6 Å². The van der Waals surface area contributed by atoms with Crippen LogP contribution in [0.3, 0.4) is 0 Å². The number of esters is 1. The van der Waals surface area contributed by atoms with Crippen molar-refractivity contribution in [2.45, 2.75) is 32.8 Å². The Labute approximate surface area is 77.3 Å². The normalized spacial score (nSPS) is 11.8. The molecule has 0 saturated heterocycles. The summed E-state index contributed by atoms with van der Waals surface area (Å²) in [6.07, 6.45) is 0.245. The van der Waals surface area contributed by atoms with E-state index in [1.54, 1.807) is 0 Å². The molecule has 0 saturated carbocycles. The zero-order chi connectivity index (χ0) is 10.5. The van der Waals surface area contributed by atoms with E-state index < -0.39 is 19.7 Å². The topological polar surface area (TPSA) is 83.8 Å². The Balaban J connectivity index is 3.94. The third-order valence-electron chi connectivity index (χ3n) is 1.54. The molecule has 0 amide bonds. The van der Waals surface area contributed by atoms with Crippen molar-refractivity contribution in [1.29, 1.82) is 0 Å². The molecule has 0 rings (SSSR count). The van der Waals surface area contributed by atoms with Crippen molar-refractivity contribution in [3.8, 4) is 0 Å². The highest BCUT2D eigenvalue weighted by Gasteiger charge is 2.21. The van der Waals surface area contributed by atoms with Crippen molar-refractivity contribution in [1.82, 2.24) is 0 Å². The van der Waals surface area contributed by atoms with E-state index in [0.717, 1.165) is 0 Å². The summed E-state index contributed by atoms with van der Waals surface area (Å²) in [5.41, 5.74) is 0. The minimum absolute atomic E-state index is 0.237. The number of hydrogen-bond donors (Lipinski definition) is 2. The van der Waals surface area contributed by atoms with Crippen molar-refractivity contribution >= 4 is 13.6 Å². The molecule has 0 aromatic carbocycles. The lowest BCUT2D eigenvalue weighted by Gasteiger charge is -2.13. The van der Waals surface area contributed by atoms with E-state index in [4.69, 9.17) is 14.5 Å². The fraction of sp³-hybridized carbons (Fsp3) is 0.857. The van der Waals surface area contributed by atoms with Gasteiger partial charge in [-0.05, 0) is 12.8 Å². The van der Waals surface area contributed by atoms with Crippen LogP contribution < -0.4 is 0 Å². The van der Waals surface area contributed by atoms with Crippen LogP contribution >= 0.6 is 7.60 Å². The molecule has 0 aliphatic carbocycles. The summed E-state index contributed by atoms with van der Waals surface area (Å²) in [6, 6.07) is 0. The first-order valence-corrected chi connectivity index (χ1v) is 5.92. The molecular weight excluding hydrogens is 195 g/mol. The van der Waals surface area contributed by atoms with Crippen molar-refractivity contribution in [3.05, 3.63) is 0 Å². The molecule has 5 nitrogen and oxygen atoms in total. The van der Waals surface area contributed by atoms with Gasteiger partial charge in [0.1, 0.15) is 12.3 Å². The first kappa shape index (κ1) is 12.6. The fourth-order valence-corrected chi connectivity index (χ4v) is 1.26. The average molecular weight is 210 g/mol. The molecule has 0 aromatic heterocycles. The Morgan fingerprint density at radius 1 is 1.38 bits per heavy atom. The second kappa shape index (κ2) is 5.37. The fourth-order valence-electron chi connectivity index (χ4n) is 0.847. The van der Waals surface area contributed by atoms with Crippen LogP contribution in [0.1, 0.15) is 26.7 Å². The Hall–Kier alpha value is -0.380. The van der Waals surface area contributed by atoms with Crippen LogP contribution in [0.25, 0.3) is 0 Å². The number of ether oxygens (including phenoxy) is 1. The van der Waals surface area contributed by atoms with Crippen LogP contribution in [0.5, 0.6) is 0 Å². The highest BCUT2D eigenvalue weighted by atomic mass is 31.2. The van der Waals surface area contributed by atoms with Gasteiger partial charge in [0.2, 0.25) is 0 Å². The summed E-state index contributed by atoms with van der Waals surface area (Å²) in [5, 5.41) is 0. The van der Waals surface area contributed by atoms with Crippen molar-refractivity contribution in [2.24, 2.45) is 0 Å². The van der Waals surface area contributed by atoms with Gasteiger partial charge in [0.15, 0.2) is 0 Å². The van der Waals surface area contributed by atoms with Crippen LogP contribution in [-0.4, -0.2) is 28.0 Å². The average Bonchev–Trinajstić information content (AvgIpc) is 1.96. The number of rotatable bonds is 5. The molecule has 0 aliphatic rings. The molecule has 0 fully saturated rings. The second-order valence-electron chi connectivity index (χ2n) is 2.75. The molecule has 78 valence electrons.